The lowest BCUT2D eigenvalue weighted by atomic mass is 9.95. The van der Waals surface area contributed by atoms with Crippen molar-refractivity contribution in [1.82, 2.24) is 10.2 Å². The molecular weight excluding hydrogens is 232 g/mol. The SMILES string of the molecule is COC(=O)CC(O)CNCCC1CCCN(C)C1. The van der Waals surface area contributed by atoms with Crippen LogP contribution < -0.4 is 5.32 Å². The number of aliphatic hydroxyl groups is 1. The normalized spacial score (nSPS) is 22.7. The van der Waals surface area contributed by atoms with E-state index in [9.17, 15) is 9.90 Å². The first-order valence-electron chi connectivity index (χ1n) is 6.76. The molecule has 0 saturated carbocycles. The highest BCUT2D eigenvalue weighted by Gasteiger charge is 2.16. The van der Waals surface area contributed by atoms with Gasteiger partial charge in [0.1, 0.15) is 0 Å². The Morgan fingerprint density at radius 2 is 2.39 bits per heavy atom. The van der Waals surface area contributed by atoms with Gasteiger partial charge in [-0.1, -0.05) is 0 Å². The fraction of sp³-hybridized carbons (Fsp3) is 0.923. The molecular formula is C13H26N2O3. The van der Waals surface area contributed by atoms with Crippen molar-refractivity contribution in [2.75, 3.05) is 40.3 Å². The third-order valence-corrected chi connectivity index (χ3v) is 3.46. The molecule has 1 rings (SSSR count). The summed E-state index contributed by atoms with van der Waals surface area (Å²) in [6, 6.07) is 0. The van der Waals surface area contributed by atoms with Gasteiger partial charge in [0.15, 0.2) is 0 Å². The maximum atomic E-state index is 10.9. The van der Waals surface area contributed by atoms with E-state index in [0.29, 0.717) is 6.54 Å². The van der Waals surface area contributed by atoms with Crippen LogP contribution in [0.15, 0.2) is 0 Å². The molecule has 1 aliphatic heterocycles. The summed E-state index contributed by atoms with van der Waals surface area (Å²) in [5.41, 5.74) is 0. The van der Waals surface area contributed by atoms with Gasteiger partial charge >= 0.3 is 5.97 Å². The van der Waals surface area contributed by atoms with Crippen LogP contribution in [0.2, 0.25) is 0 Å². The quantitative estimate of drug-likeness (QED) is 0.506. The van der Waals surface area contributed by atoms with E-state index >= 15 is 0 Å². The van der Waals surface area contributed by atoms with Crippen molar-refractivity contribution in [3.05, 3.63) is 0 Å². The zero-order valence-electron chi connectivity index (χ0n) is 11.5. The highest BCUT2D eigenvalue weighted by Crippen LogP contribution is 2.17. The first-order valence-corrected chi connectivity index (χ1v) is 6.76. The van der Waals surface area contributed by atoms with E-state index in [1.807, 2.05) is 0 Å². The van der Waals surface area contributed by atoms with Crippen LogP contribution in [-0.2, 0) is 9.53 Å². The van der Waals surface area contributed by atoms with Crippen LogP contribution in [0, 0.1) is 5.92 Å². The number of piperidine rings is 1. The van der Waals surface area contributed by atoms with Gasteiger partial charge in [-0.15, -0.1) is 0 Å². The lowest BCUT2D eigenvalue weighted by Gasteiger charge is -2.29. The third-order valence-electron chi connectivity index (χ3n) is 3.46. The van der Waals surface area contributed by atoms with Gasteiger partial charge in [0, 0.05) is 13.1 Å². The zero-order valence-corrected chi connectivity index (χ0v) is 11.5. The van der Waals surface area contributed by atoms with Crippen LogP contribution >= 0.6 is 0 Å². The minimum Gasteiger partial charge on any atom is -0.469 e. The van der Waals surface area contributed by atoms with Crippen LogP contribution in [0.25, 0.3) is 0 Å². The molecule has 0 aliphatic carbocycles. The summed E-state index contributed by atoms with van der Waals surface area (Å²) in [7, 11) is 3.50. The number of hydrogen-bond acceptors (Lipinski definition) is 5. The minimum absolute atomic E-state index is 0.0651. The Morgan fingerprint density at radius 3 is 3.06 bits per heavy atom. The molecule has 0 aromatic rings. The third kappa shape index (κ3) is 6.33. The standard InChI is InChI=1S/C13H26N2O3/c1-15-7-3-4-11(10-15)5-6-14-9-12(16)8-13(17)18-2/h11-12,14,16H,3-10H2,1-2H3. The summed E-state index contributed by atoms with van der Waals surface area (Å²) >= 11 is 0. The molecule has 0 radical (unpaired) electrons. The van der Waals surface area contributed by atoms with E-state index < -0.39 is 6.10 Å². The van der Waals surface area contributed by atoms with Gasteiger partial charge in [0.25, 0.3) is 0 Å². The Balaban J connectivity index is 2.02. The lowest BCUT2D eigenvalue weighted by Crippen LogP contribution is -2.35. The highest BCUT2D eigenvalue weighted by atomic mass is 16.5. The van der Waals surface area contributed by atoms with E-state index in [2.05, 4.69) is 22.0 Å². The van der Waals surface area contributed by atoms with Crippen LogP contribution in [0.1, 0.15) is 25.7 Å². The summed E-state index contributed by atoms with van der Waals surface area (Å²) in [5, 5.41) is 12.8. The van der Waals surface area contributed by atoms with Crippen molar-refractivity contribution < 1.29 is 14.6 Å². The Morgan fingerprint density at radius 1 is 1.61 bits per heavy atom. The number of aliphatic hydroxyl groups excluding tert-OH is 1. The molecule has 0 spiro atoms. The number of carbonyl (C=O) groups is 1. The summed E-state index contributed by atoms with van der Waals surface area (Å²) in [6.45, 7) is 3.74. The van der Waals surface area contributed by atoms with E-state index in [0.717, 1.165) is 18.9 Å². The number of methoxy groups -OCH3 is 1. The largest absolute Gasteiger partial charge is 0.469 e. The summed E-state index contributed by atoms with van der Waals surface area (Å²) in [4.78, 5) is 13.3. The molecule has 0 aromatic heterocycles. The topological polar surface area (TPSA) is 61.8 Å². The molecule has 0 bridgehead atoms. The molecule has 2 N–H and O–H groups in total. The summed E-state index contributed by atoms with van der Waals surface area (Å²) < 4.78 is 4.50. The molecule has 1 saturated heterocycles. The smallest absolute Gasteiger partial charge is 0.308 e. The van der Waals surface area contributed by atoms with Crippen LogP contribution in [0.4, 0.5) is 0 Å². The van der Waals surface area contributed by atoms with Gasteiger partial charge < -0.3 is 20.1 Å². The minimum atomic E-state index is -0.647. The van der Waals surface area contributed by atoms with E-state index in [1.165, 1.54) is 33.0 Å². The second kappa shape index (κ2) is 8.45. The number of esters is 1. The Hall–Kier alpha value is -0.650. The fourth-order valence-electron chi connectivity index (χ4n) is 2.43. The van der Waals surface area contributed by atoms with Crippen LogP contribution in [0.3, 0.4) is 0 Å². The molecule has 2 unspecified atom stereocenters. The second-order valence-corrected chi connectivity index (χ2v) is 5.20. The number of hydrogen-bond donors (Lipinski definition) is 2. The number of rotatable bonds is 7. The Labute approximate surface area is 109 Å². The summed E-state index contributed by atoms with van der Waals surface area (Å²) in [5.74, 6) is 0.396. The predicted octanol–water partition coefficient (Wildman–Crippen LogP) is 0.232. The first kappa shape index (κ1) is 15.4. The summed E-state index contributed by atoms with van der Waals surface area (Å²) in [6.07, 6.45) is 3.14. The van der Waals surface area contributed by atoms with Gasteiger partial charge in [-0.05, 0) is 45.3 Å². The fourth-order valence-corrected chi connectivity index (χ4v) is 2.43. The zero-order chi connectivity index (χ0) is 13.4. The average Bonchev–Trinajstić information content (AvgIpc) is 2.34. The van der Waals surface area contributed by atoms with Gasteiger partial charge in [-0.3, -0.25) is 4.79 Å². The van der Waals surface area contributed by atoms with Crippen LogP contribution in [0.5, 0.6) is 0 Å². The number of carbonyl (C=O) groups excluding carboxylic acids is 1. The predicted molar refractivity (Wildman–Crippen MR) is 70.3 cm³/mol. The van der Waals surface area contributed by atoms with Crippen molar-refractivity contribution >= 4 is 5.97 Å². The number of likely N-dealkylation sites (tertiary alicyclic amines) is 1. The van der Waals surface area contributed by atoms with Crippen molar-refractivity contribution in [2.45, 2.75) is 31.8 Å². The second-order valence-electron chi connectivity index (χ2n) is 5.20. The Bertz CT molecular complexity index is 248. The van der Waals surface area contributed by atoms with Gasteiger partial charge in [0.05, 0.1) is 19.6 Å². The van der Waals surface area contributed by atoms with Gasteiger partial charge in [-0.25, -0.2) is 0 Å². The van der Waals surface area contributed by atoms with Crippen molar-refractivity contribution in [2.24, 2.45) is 5.92 Å². The van der Waals surface area contributed by atoms with E-state index in [-0.39, 0.29) is 12.4 Å². The molecule has 5 heteroatoms. The Kier molecular flexibility index (Phi) is 7.23. The molecule has 5 nitrogen and oxygen atoms in total. The van der Waals surface area contributed by atoms with E-state index in [1.54, 1.807) is 0 Å². The molecule has 18 heavy (non-hydrogen) atoms. The molecule has 1 aliphatic rings. The monoisotopic (exact) mass is 258 g/mol. The van der Waals surface area contributed by atoms with Crippen LogP contribution in [-0.4, -0.2) is 62.4 Å². The maximum Gasteiger partial charge on any atom is 0.308 e. The van der Waals surface area contributed by atoms with E-state index in [4.69, 9.17) is 0 Å². The molecule has 0 amide bonds. The van der Waals surface area contributed by atoms with Gasteiger partial charge in [-0.2, -0.15) is 0 Å². The molecule has 0 aromatic carbocycles. The first-order chi connectivity index (χ1) is 8.61. The highest BCUT2D eigenvalue weighted by molar-refractivity contribution is 5.69. The van der Waals surface area contributed by atoms with Crippen molar-refractivity contribution in [3.8, 4) is 0 Å². The van der Waals surface area contributed by atoms with Gasteiger partial charge in [0.2, 0.25) is 0 Å². The lowest BCUT2D eigenvalue weighted by molar-refractivity contribution is -0.142. The molecule has 1 heterocycles. The molecule has 106 valence electrons. The number of ether oxygens (including phenoxy) is 1. The van der Waals surface area contributed by atoms with Crippen molar-refractivity contribution in [1.29, 1.82) is 0 Å². The maximum absolute atomic E-state index is 10.9. The number of nitrogens with zero attached hydrogens (tertiary/aromatic N) is 1. The van der Waals surface area contributed by atoms with Crippen molar-refractivity contribution in [3.63, 3.8) is 0 Å². The number of nitrogens with one attached hydrogen (secondary N) is 1. The molecule has 2 atom stereocenters. The average molecular weight is 258 g/mol. The molecule has 1 fully saturated rings.